The van der Waals surface area contributed by atoms with Gasteiger partial charge in [0, 0.05) is 0 Å². The molecule has 6 heteroatoms. The highest BCUT2D eigenvalue weighted by Crippen LogP contribution is 1.96. The molecule has 0 aromatic rings. The fourth-order valence-electron chi connectivity index (χ4n) is 0.855. The molecule has 1 atom stereocenters. The third-order valence-corrected chi connectivity index (χ3v) is 1.49. The van der Waals surface area contributed by atoms with Crippen molar-refractivity contribution in [3.8, 4) is 0 Å². The lowest BCUT2D eigenvalue weighted by molar-refractivity contribution is -0.139. The molecule has 0 aliphatic carbocycles. The Morgan fingerprint density at radius 2 is 2.13 bits per heavy atom. The van der Waals surface area contributed by atoms with E-state index in [4.69, 9.17) is 5.11 Å². The Bertz CT molecular complexity index is 274. The predicted octanol–water partition coefficient (Wildman–Crippen LogP) is 0.331. The normalized spacial score (nSPS) is 11.3. The van der Waals surface area contributed by atoms with Crippen LogP contribution >= 0.6 is 0 Å². The van der Waals surface area contributed by atoms with Crippen molar-refractivity contribution in [1.29, 1.82) is 0 Å². The second-order valence-corrected chi connectivity index (χ2v) is 2.62. The summed E-state index contributed by atoms with van der Waals surface area (Å²) >= 11 is 0. The molecule has 15 heavy (non-hydrogen) atoms. The van der Waals surface area contributed by atoms with Crippen molar-refractivity contribution in [3.05, 3.63) is 12.7 Å². The van der Waals surface area contributed by atoms with Crippen molar-refractivity contribution in [2.45, 2.75) is 19.4 Å². The van der Waals surface area contributed by atoms with Gasteiger partial charge in [0.2, 0.25) is 0 Å². The van der Waals surface area contributed by atoms with Gasteiger partial charge in [0.15, 0.2) is 5.78 Å². The minimum absolute atomic E-state index is 0.147. The maximum absolute atomic E-state index is 11.1. The number of aliphatic carboxylic acids is 1. The van der Waals surface area contributed by atoms with Crippen LogP contribution in [0.5, 0.6) is 0 Å². The number of hydrogen-bond donors (Lipinski definition) is 2. The van der Waals surface area contributed by atoms with E-state index in [9.17, 15) is 14.4 Å². The number of amides is 1. The molecule has 0 saturated carbocycles. The predicted molar refractivity (Wildman–Crippen MR) is 51.4 cm³/mol. The number of hydrogen-bond acceptors (Lipinski definition) is 4. The van der Waals surface area contributed by atoms with Gasteiger partial charge in [-0.25, -0.2) is 4.79 Å². The van der Waals surface area contributed by atoms with Crippen LogP contribution in [0.2, 0.25) is 0 Å². The number of nitrogens with one attached hydrogen (secondary N) is 1. The van der Waals surface area contributed by atoms with Gasteiger partial charge >= 0.3 is 12.1 Å². The maximum atomic E-state index is 11.1. The molecular weight excluding hydrogens is 202 g/mol. The Morgan fingerprint density at radius 3 is 2.53 bits per heavy atom. The summed E-state index contributed by atoms with van der Waals surface area (Å²) in [5, 5.41) is 10.6. The van der Waals surface area contributed by atoms with Crippen molar-refractivity contribution in [3.63, 3.8) is 0 Å². The highest BCUT2D eigenvalue weighted by Gasteiger charge is 2.21. The maximum Gasteiger partial charge on any atom is 0.407 e. The molecule has 0 aliphatic rings. The molecule has 0 aliphatic heterocycles. The molecule has 0 radical (unpaired) electrons. The Hall–Kier alpha value is -1.85. The smallest absolute Gasteiger partial charge is 0.407 e. The Morgan fingerprint density at radius 1 is 1.53 bits per heavy atom. The van der Waals surface area contributed by atoms with Gasteiger partial charge in [0.1, 0.15) is 6.04 Å². The fourth-order valence-corrected chi connectivity index (χ4v) is 0.855. The zero-order valence-corrected chi connectivity index (χ0v) is 8.36. The average molecular weight is 215 g/mol. The number of carboxylic acid groups (broad SMARTS) is 1. The molecule has 0 aromatic heterocycles. The van der Waals surface area contributed by atoms with Crippen LogP contribution in [-0.4, -0.2) is 35.6 Å². The molecule has 0 saturated heterocycles. The van der Waals surface area contributed by atoms with Gasteiger partial charge in [-0.15, -0.1) is 0 Å². The molecule has 0 aromatic carbocycles. The van der Waals surface area contributed by atoms with Gasteiger partial charge in [0.25, 0.3) is 0 Å². The van der Waals surface area contributed by atoms with Gasteiger partial charge in [-0.3, -0.25) is 9.59 Å². The lowest BCUT2D eigenvalue weighted by Gasteiger charge is -2.13. The zero-order chi connectivity index (χ0) is 11.8. The van der Waals surface area contributed by atoms with Gasteiger partial charge in [-0.2, -0.15) is 0 Å². The van der Waals surface area contributed by atoms with Gasteiger partial charge in [-0.05, 0) is 13.0 Å². The number of rotatable bonds is 6. The van der Waals surface area contributed by atoms with Crippen molar-refractivity contribution in [2.24, 2.45) is 0 Å². The second kappa shape index (κ2) is 6.58. The van der Waals surface area contributed by atoms with Gasteiger partial charge in [0.05, 0.1) is 13.0 Å². The highest BCUT2D eigenvalue weighted by molar-refractivity contribution is 5.97. The summed E-state index contributed by atoms with van der Waals surface area (Å²) in [5.74, 6) is -1.75. The van der Waals surface area contributed by atoms with Crippen molar-refractivity contribution in [1.82, 2.24) is 5.32 Å². The minimum Gasteiger partial charge on any atom is -0.481 e. The number of carbonyl (C=O) groups is 3. The highest BCUT2D eigenvalue weighted by atomic mass is 16.5. The van der Waals surface area contributed by atoms with Crippen LogP contribution in [0.4, 0.5) is 4.79 Å². The zero-order valence-electron chi connectivity index (χ0n) is 8.36. The Balaban J connectivity index is 4.36. The van der Waals surface area contributed by atoms with E-state index >= 15 is 0 Å². The van der Waals surface area contributed by atoms with Crippen molar-refractivity contribution < 1.29 is 24.2 Å². The number of ether oxygens (including phenoxy) is 1. The lowest BCUT2D eigenvalue weighted by Crippen LogP contribution is -2.41. The molecule has 0 rings (SSSR count). The van der Waals surface area contributed by atoms with E-state index in [1.165, 1.54) is 0 Å². The van der Waals surface area contributed by atoms with Crippen molar-refractivity contribution in [2.75, 3.05) is 6.61 Å². The fraction of sp³-hybridized carbons (Fsp3) is 0.444. The summed E-state index contributed by atoms with van der Waals surface area (Å²) in [4.78, 5) is 32.5. The van der Waals surface area contributed by atoms with Gasteiger partial charge < -0.3 is 15.2 Å². The first-order chi connectivity index (χ1) is 7.01. The van der Waals surface area contributed by atoms with Crippen LogP contribution in [0.1, 0.15) is 13.3 Å². The summed E-state index contributed by atoms with van der Waals surface area (Å²) in [6, 6.07) is -1.13. The van der Waals surface area contributed by atoms with E-state index in [2.05, 4.69) is 16.6 Å². The van der Waals surface area contributed by atoms with E-state index in [1.807, 2.05) is 0 Å². The van der Waals surface area contributed by atoms with E-state index in [-0.39, 0.29) is 6.61 Å². The molecular formula is C9H13NO5. The Kier molecular flexibility index (Phi) is 5.77. The van der Waals surface area contributed by atoms with Crippen LogP contribution in [0.25, 0.3) is 0 Å². The summed E-state index contributed by atoms with van der Waals surface area (Å²) in [6.07, 6.45) is -0.359. The quantitative estimate of drug-likeness (QED) is 0.623. The third-order valence-electron chi connectivity index (χ3n) is 1.49. The van der Waals surface area contributed by atoms with Crippen LogP contribution in [0.15, 0.2) is 12.7 Å². The SMILES string of the molecule is C=CC(=O)C(CC(=O)O)NC(=O)OCC. The Labute approximate surface area is 86.9 Å². The van der Waals surface area contributed by atoms with Crippen LogP contribution in [0, 0.1) is 0 Å². The molecule has 6 nitrogen and oxygen atoms in total. The summed E-state index contributed by atoms with van der Waals surface area (Å²) in [7, 11) is 0. The first-order valence-electron chi connectivity index (χ1n) is 4.32. The summed E-state index contributed by atoms with van der Waals surface area (Å²) in [6.45, 7) is 4.95. The van der Waals surface area contributed by atoms with Gasteiger partial charge in [-0.1, -0.05) is 6.58 Å². The first-order valence-corrected chi connectivity index (χ1v) is 4.32. The summed E-state index contributed by atoms with van der Waals surface area (Å²) in [5.41, 5.74) is 0. The molecule has 0 fully saturated rings. The molecule has 84 valence electrons. The van der Waals surface area contributed by atoms with Crippen LogP contribution in [0.3, 0.4) is 0 Å². The minimum atomic E-state index is -1.19. The number of alkyl carbamates (subject to hydrolysis) is 1. The molecule has 0 heterocycles. The molecule has 2 N–H and O–H groups in total. The number of ketones is 1. The molecule has 1 unspecified atom stereocenters. The largest absolute Gasteiger partial charge is 0.481 e. The number of carboxylic acids is 1. The van der Waals surface area contributed by atoms with E-state index < -0.39 is 30.3 Å². The third kappa shape index (κ3) is 5.45. The topological polar surface area (TPSA) is 92.7 Å². The standard InChI is InChI=1S/C9H13NO5/c1-3-7(11)6(5-8(12)13)10-9(14)15-4-2/h3,6H,1,4-5H2,2H3,(H,10,14)(H,12,13). The lowest BCUT2D eigenvalue weighted by atomic mass is 10.1. The van der Waals surface area contributed by atoms with Crippen LogP contribution in [-0.2, 0) is 14.3 Å². The van der Waals surface area contributed by atoms with E-state index in [1.54, 1.807) is 6.92 Å². The van der Waals surface area contributed by atoms with E-state index in [0.717, 1.165) is 6.08 Å². The molecule has 1 amide bonds. The summed E-state index contributed by atoms with van der Waals surface area (Å²) < 4.78 is 4.52. The van der Waals surface area contributed by atoms with E-state index in [0.29, 0.717) is 0 Å². The van der Waals surface area contributed by atoms with Crippen molar-refractivity contribution >= 4 is 17.8 Å². The first kappa shape index (κ1) is 13.2. The molecule has 0 spiro atoms. The second-order valence-electron chi connectivity index (χ2n) is 2.62. The average Bonchev–Trinajstić information content (AvgIpc) is 2.15. The van der Waals surface area contributed by atoms with Crippen LogP contribution < -0.4 is 5.32 Å². The number of carbonyl (C=O) groups excluding carboxylic acids is 2. The molecule has 0 bridgehead atoms. The monoisotopic (exact) mass is 215 g/mol.